The first-order valence-electron chi connectivity index (χ1n) is 14.3. The van der Waals surface area contributed by atoms with Crippen LogP contribution in [0.4, 0.5) is 0 Å². The summed E-state index contributed by atoms with van der Waals surface area (Å²) in [5.74, 6) is 0.618. The number of benzene rings is 3. The number of hydrogen-bond donors (Lipinski definition) is 0. The molecule has 0 unspecified atom stereocenters. The van der Waals surface area contributed by atoms with E-state index >= 15 is 0 Å². The first kappa shape index (κ1) is 26.8. The van der Waals surface area contributed by atoms with Gasteiger partial charge in [0.2, 0.25) is 0 Å². The van der Waals surface area contributed by atoms with Crippen molar-refractivity contribution in [3.63, 3.8) is 0 Å². The van der Waals surface area contributed by atoms with Crippen LogP contribution in [0.25, 0.3) is 0 Å². The Morgan fingerprint density at radius 2 is 1.42 bits per heavy atom. The van der Waals surface area contributed by atoms with E-state index in [0.717, 1.165) is 64.3 Å². The number of piperidine rings is 1. The standard InChI is InChI=1S/C34H43N3O/c1-26-12-10-17-30(27(26)2)33-31(28-13-6-4-7-14-28)24-37(19-11-18-36-22-20-35(3)21-23-36)25-32(33)34(38)29-15-8-5-9-16-29/h4-10,12-17,31-33H,11,18-25H2,1-3H3/t31-,32+,33-/m1/s1. The van der Waals surface area contributed by atoms with Crippen molar-refractivity contribution >= 4 is 5.78 Å². The predicted molar refractivity (Wildman–Crippen MR) is 157 cm³/mol. The largest absolute Gasteiger partial charge is 0.304 e. The first-order valence-corrected chi connectivity index (χ1v) is 14.3. The lowest BCUT2D eigenvalue weighted by molar-refractivity contribution is 0.0724. The van der Waals surface area contributed by atoms with Crippen LogP contribution in [0.2, 0.25) is 0 Å². The maximum Gasteiger partial charge on any atom is 0.167 e. The second-order valence-corrected chi connectivity index (χ2v) is 11.4. The lowest BCUT2D eigenvalue weighted by Gasteiger charge is -2.45. The molecule has 2 fully saturated rings. The van der Waals surface area contributed by atoms with Gasteiger partial charge < -0.3 is 14.7 Å². The molecule has 2 aliphatic rings. The van der Waals surface area contributed by atoms with Gasteiger partial charge in [-0.25, -0.2) is 0 Å². The van der Waals surface area contributed by atoms with Gasteiger partial charge in [0.15, 0.2) is 5.78 Å². The van der Waals surface area contributed by atoms with Gasteiger partial charge in [-0.2, -0.15) is 0 Å². The average molecular weight is 510 g/mol. The molecule has 0 saturated carbocycles. The minimum Gasteiger partial charge on any atom is -0.304 e. The third-order valence-corrected chi connectivity index (χ3v) is 8.95. The van der Waals surface area contributed by atoms with E-state index in [-0.39, 0.29) is 23.5 Å². The molecule has 4 nitrogen and oxygen atoms in total. The smallest absolute Gasteiger partial charge is 0.167 e. The molecule has 4 heteroatoms. The fourth-order valence-electron chi connectivity index (χ4n) is 6.55. The fourth-order valence-corrected chi connectivity index (χ4v) is 6.55. The third kappa shape index (κ3) is 6.09. The topological polar surface area (TPSA) is 26.8 Å². The number of rotatable bonds is 8. The number of nitrogens with zero attached hydrogens (tertiary/aromatic N) is 3. The Bertz CT molecular complexity index is 1190. The molecule has 200 valence electrons. The van der Waals surface area contributed by atoms with Crippen molar-refractivity contribution in [1.29, 1.82) is 0 Å². The molecule has 0 aliphatic carbocycles. The third-order valence-electron chi connectivity index (χ3n) is 8.95. The van der Waals surface area contributed by atoms with E-state index in [1.165, 1.54) is 22.3 Å². The molecule has 2 saturated heterocycles. The van der Waals surface area contributed by atoms with E-state index in [1.54, 1.807) is 0 Å². The van der Waals surface area contributed by atoms with Gasteiger partial charge in [0.25, 0.3) is 0 Å². The minimum absolute atomic E-state index is 0.0829. The molecule has 5 rings (SSSR count). The minimum atomic E-state index is -0.0829. The van der Waals surface area contributed by atoms with Gasteiger partial charge >= 0.3 is 0 Å². The molecule has 0 N–H and O–H groups in total. The van der Waals surface area contributed by atoms with Crippen LogP contribution >= 0.6 is 0 Å². The normalized spacial score (nSPS) is 23.4. The molecular weight excluding hydrogens is 466 g/mol. The van der Waals surface area contributed by atoms with Crippen molar-refractivity contribution in [3.8, 4) is 0 Å². The summed E-state index contributed by atoms with van der Waals surface area (Å²) in [7, 11) is 2.21. The molecule has 3 aromatic carbocycles. The van der Waals surface area contributed by atoms with Gasteiger partial charge in [0, 0.05) is 62.6 Å². The zero-order valence-electron chi connectivity index (χ0n) is 23.4. The molecule has 38 heavy (non-hydrogen) atoms. The maximum absolute atomic E-state index is 14.2. The van der Waals surface area contributed by atoms with Crippen LogP contribution in [0.3, 0.4) is 0 Å². The zero-order chi connectivity index (χ0) is 26.5. The van der Waals surface area contributed by atoms with Crippen molar-refractivity contribution < 1.29 is 4.79 Å². The molecule has 0 spiro atoms. The van der Waals surface area contributed by atoms with Crippen molar-refractivity contribution in [1.82, 2.24) is 14.7 Å². The van der Waals surface area contributed by atoms with Gasteiger partial charge in [0.1, 0.15) is 0 Å². The Kier molecular flexibility index (Phi) is 8.73. The van der Waals surface area contributed by atoms with Crippen LogP contribution in [0, 0.1) is 19.8 Å². The monoisotopic (exact) mass is 509 g/mol. The van der Waals surface area contributed by atoms with Crippen molar-refractivity contribution in [2.75, 3.05) is 59.4 Å². The number of carbonyl (C=O) groups excluding carboxylic acids is 1. The molecule has 2 heterocycles. The molecule has 3 aromatic rings. The Hall–Kier alpha value is -2.79. The van der Waals surface area contributed by atoms with Crippen molar-refractivity contribution in [2.24, 2.45) is 5.92 Å². The van der Waals surface area contributed by atoms with Crippen LogP contribution in [-0.4, -0.2) is 79.9 Å². The van der Waals surface area contributed by atoms with E-state index in [0.29, 0.717) is 0 Å². The lowest BCUT2D eigenvalue weighted by Crippen LogP contribution is -2.48. The van der Waals surface area contributed by atoms with Gasteiger partial charge in [-0.15, -0.1) is 0 Å². The van der Waals surface area contributed by atoms with Crippen LogP contribution in [0.5, 0.6) is 0 Å². The number of Topliss-reactive ketones (excluding diaryl/α,β-unsaturated/α-hetero) is 1. The summed E-state index contributed by atoms with van der Waals surface area (Å²) in [6.07, 6.45) is 1.14. The van der Waals surface area contributed by atoms with Gasteiger partial charge in [0.05, 0.1) is 0 Å². The Labute approximate surface area is 229 Å². The second-order valence-electron chi connectivity index (χ2n) is 11.4. The summed E-state index contributed by atoms with van der Waals surface area (Å²) in [6, 6.07) is 27.5. The highest BCUT2D eigenvalue weighted by atomic mass is 16.1. The van der Waals surface area contributed by atoms with Gasteiger partial charge in [-0.1, -0.05) is 78.9 Å². The Morgan fingerprint density at radius 1 is 0.763 bits per heavy atom. The highest BCUT2D eigenvalue weighted by Gasteiger charge is 2.42. The lowest BCUT2D eigenvalue weighted by atomic mass is 9.67. The van der Waals surface area contributed by atoms with E-state index in [9.17, 15) is 4.79 Å². The van der Waals surface area contributed by atoms with Crippen molar-refractivity contribution in [3.05, 3.63) is 107 Å². The summed E-state index contributed by atoms with van der Waals surface area (Å²) in [4.78, 5) is 21.8. The van der Waals surface area contributed by atoms with Gasteiger partial charge in [-0.05, 0) is 62.7 Å². The molecular formula is C34H43N3O. The molecule has 0 aromatic heterocycles. The Morgan fingerprint density at radius 3 is 2.13 bits per heavy atom. The van der Waals surface area contributed by atoms with E-state index in [1.807, 2.05) is 30.3 Å². The average Bonchev–Trinajstić information content (AvgIpc) is 2.96. The van der Waals surface area contributed by atoms with E-state index in [2.05, 4.69) is 84.1 Å². The summed E-state index contributed by atoms with van der Waals surface area (Å²) < 4.78 is 0. The first-order chi connectivity index (χ1) is 18.5. The van der Waals surface area contributed by atoms with E-state index in [4.69, 9.17) is 0 Å². The number of likely N-dealkylation sites (N-methyl/N-ethyl adjacent to an activating group) is 1. The quantitative estimate of drug-likeness (QED) is 0.368. The molecule has 2 aliphatic heterocycles. The molecule has 3 atom stereocenters. The van der Waals surface area contributed by atoms with Crippen LogP contribution in [-0.2, 0) is 0 Å². The number of carbonyl (C=O) groups is 1. The predicted octanol–water partition coefficient (Wildman–Crippen LogP) is 5.62. The second kappa shape index (κ2) is 12.4. The number of likely N-dealkylation sites (tertiary alicyclic amines) is 1. The summed E-state index contributed by atoms with van der Waals surface area (Å²) in [6.45, 7) is 13.0. The fraction of sp³-hybridized carbons (Fsp3) is 0.441. The van der Waals surface area contributed by atoms with Crippen LogP contribution in [0.15, 0.2) is 78.9 Å². The maximum atomic E-state index is 14.2. The Balaban J connectivity index is 1.46. The van der Waals surface area contributed by atoms with Crippen molar-refractivity contribution in [2.45, 2.75) is 32.1 Å². The summed E-state index contributed by atoms with van der Waals surface area (Å²) in [5, 5.41) is 0. The number of piperazine rings is 1. The van der Waals surface area contributed by atoms with Crippen LogP contribution in [0.1, 0.15) is 50.9 Å². The zero-order valence-corrected chi connectivity index (χ0v) is 23.4. The SMILES string of the molecule is Cc1cccc([C@H]2[C@@H](C(=O)c3ccccc3)CN(CCCN3CCN(C)CC3)C[C@@H]2c2ccccc2)c1C. The van der Waals surface area contributed by atoms with Crippen LogP contribution < -0.4 is 0 Å². The molecule has 0 radical (unpaired) electrons. The van der Waals surface area contributed by atoms with E-state index < -0.39 is 0 Å². The van der Waals surface area contributed by atoms with Gasteiger partial charge in [-0.3, -0.25) is 4.79 Å². The molecule has 0 bridgehead atoms. The molecule has 0 amide bonds. The number of ketones is 1. The highest BCUT2D eigenvalue weighted by molar-refractivity contribution is 5.98. The number of hydrogen-bond acceptors (Lipinski definition) is 4. The summed E-state index contributed by atoms with van der Waals surface area (Å²) in [5.41, 5.74) is 6.14. The highest BCUT2D eigenvalue weighted by Crippen LogP contribution is 2.45. The summed E-state index contributed by atoms with van der Waals surface area (Å²) >= 11 is 0. The number of aryl methyl sites for hydroxylation is 1.